The maximum Gasteiger partial charge on any atom is 0.308 e. The normalized spacial score (nSPS) is 13.0. The first-order valence-electron chi connectivity index (χ1n) is 43.7. The van der Waals surface area contributed by atoms with Gasteiger partial charge in [0, 0.05) is 192 Å². The van der Waals surface area contributed by atoms with Crippen LogP contribution in [0.15, 0.2) is 230 Å². The first-order valence-corrected chi connectivity index (χ1v) is 50.8. The van der Waals surface area contributed by atoms with Crippen LogP contribution in [0, 0.1) is 34.6 Å². The lowest BCUT2D eigenvalue weighted by atomic mass is 10.1. The second-order valence-electron chi connectivity index (χ2n) is 32.8. The molecule has 0 spiro atoms. The summed E-state index contributed by atoms with van der Waals surface area (Å²) >= 11 is 15.4. The Bertz CT molecular complexity index is 7130. The maximum atomic E-state index is 13.0. The lowest BCUT2D eigenvalue weighted by molar-refractivity contribution is 0.0364. The molecule has 31 heteroatoms. The minimum Gasteiger partial charge on any atom is -0.497 e. The molecular formula is C103H105ClN10O13S7. The first kappa shape index (κ1) is 97.1. The monoisotopic (exact) mass is 1950 g/mol. The summed E-state index contributed by atoms with van der Waals surface area (Å²) in [7, 11) is 3.99. The molecule has 12 aromatic heterocycles. The Morgan fingerprint density at radius 3 is 1.25 bits per heavy atom. The van der Waals surface area contributed by atoms with Crippen LogP contribution in [0.5, 0.6) is 23.1 Å². The molecule has 17 aromatic rings. The third-order valence-electron chi connectivity index (χ3n) is 23.1. The zero-order chi connectivity index (χ0) is 94.6. The number of hydrogen-bond donors (Lipinski definition) is 0. The molecule has 2 aliphatic heterocycles. The number of morpholine rings is 2. The van der Waals surface area contributed by atoms with Crippen LogP contribution in [-0.4, -0.2) is 197 Å². The van der Waals surface area contributed by atoms with Crippen LogP contribution in [0.4, 0.5) is 0 Å². The third kappa shape index (κ3) is 22.7. The molecule has 0 amide bonds. The summed E-state index contributed by atoms with van der Waals surface area (Å²) in [5.74, 6) is 2.55. The number of aromatic nitrogens is 7. The minimum atomic E-state index is -3.66. The second kappa shape index (κ2) is 43.9. The van der Waals surface area contributed by atoms with Crippen molar-refractivity contribution in [3.63, 3.8) is 0 Å². The van der Waals surface area contributed by atoms with E-state index in [2.05, 4.69) is 102 Å². The summed E-state index contributed by atoms with van der Waals surface area (Å²) in [5, 5.41) is 5.64. The molecule has 0 saturated carbocycles. The maximum absolute atomic E-state index is 13.0. The molecule has 694 valence electrons. The first-order chi connectivity index (χ1) is 64.6. The van der Waals surface area contributed by atoms with Crippen molar-refractivity contribution in [3.8, 4) is 23.1 Å². The Hall–Kier alpha value is -11.5. The number of thioether (sulfide) groups is 1. The summed E-state index contributed by atoms with van der Waals surface area (Å²) < 4.78 is 68.5. The van der Waals surface area contributed by atoms with Gasteiger partial charge >= 0.3 is 10.2 Å². The van der Waals surface area contributed by atoms with E-state index < -0.39 is 10.2 Å². The van der Waals surface area contributed by atoms with Crippen LogP contribution in [0.1, 0.15) is 130 Å². The number of rotatable bonds is 28. The van der Waals surface area contributed by atoms with E-state index in [0.717, 1.165) is 170 Å². The number of fused-ring (bicyclic) bond motifs is 5. The van der Waals surface area contributed by atoms with Crippen LogP contribution >= 0.6 is 80.0 Å². The van der Waals surface area contributed by atoms with Gasteiger partial charge in [-0.2, -0.15) is 12.7 Å². The number of carbonyl (C=O) groups is 5. The number of benzene rings is 5. The molecule has 2 fully saturated rings. The number of aryl methyl sites for hydroxylation is 5. The van der Waals surface area contributed by atoms with Gasteiger partial charge < -0.3 is 46.7 Å². The fourth-order valence-electron chi connectivity index (χ4n) is 15.9. The van der Waals surface area contributed by atoms with Crippen molar-refractivity contribution in [2.24, 2.45) is 0 Å². The predicted molar refractivity (Wildman–Crippen MR) is 544 cm³/mol. The second-order valence-corrected chi connectivity index (χ2v) is 41.2. The number of halogens is 1. The Labute approximate surface area is 808 Å². The van der Waals surface area contributed by atoms with E-state index in [4.69, 9.17) is 40.0 Å². The molecule has 2 aliphatic rings. The number of ether oxygens (including phenoxy) is 6. The topological polar surface area (TPSA) is 235 Å². The molecule has 0 atom stereocenters. The molecule has 0 unspecified atom stereocenters. The van der Waals surface area contributed by atoms with Gasteiger partial charge in [-0.15, -0.1) is 68.4 Å². The van der Waals surface area contributed by atoms with Gasteiger partial charge in [-0.1, -0.05) is 41.9 Å². The van der Waals surface area contributed by atoms with Crippen molar-refractivity contribution in [2.45, 2.75) is 85.6 Å². The zero-order valence-electron chi connectivity index (χ0n) is 76.9. The smallest absolute Gasteiger partial charge is 0.308 e. The van der Waals surface area contributed by atoms with Crippen molar-refractivity contribution in [1.29, 1.82) is 0 Å². The lowest BCUT2D eigenvalue weighted by Crippen LogP contribution is -2.38. The zero-order valence-corrected chi connectivity index (χ0v) is 83.3. The summed E-state index contributed by atoms with van der Waals surface area (Å²) in [4.78, 5) is 87.1. The molecule has 14 heterocycles. The Morgan fingerprint density at radius 2 is 0.828 bits per heavy atom. The van der Waals surface area contributed by atoms with Gasteiger partial charge in [-0.25, -0.2) is 8.96 Å². The molecule has 0 bridgehead atoms. The number of carbonyl (C=O) groups excluding carboxylic acids is 5. The average molecular weight is 1950 g/mol. The van der Waals surface area contributed by atoms with Crippen molar-refractivity contribution in [3.05, 3.63) is 322 Å². The van der Waals surface area contributed by atoms with E-state index in [1.54, 1.807) is 122 Å². The lowest BCUT2D eigenvalue weighted by Gasteiger charge is -2.26. The highest BCUT2D eigenvalue weighted by Crippen LogP contribution is 2.39. The van der Waals surface area contributed by atoms with Crippen LogP contribution in [0.2, 0.25) is 5.02 Å². The summed E-state index contributed by atoms with van der Waals surface area (Å²) in [6, 6.07) is 65.4. The quantitative estimate of drug-likeness (QED) is 0.0327. The van der Waals surface area contributed by atoms with Gasteiger partial charge in [0.25, 0.3) is 0 Å². The Morgan fingerprint density at radius 1 is 0.440 bits per heavy atom. The van der Waals surface area contributed by atoms with E-state index >= 15 is 0 Å². The van der Waals surface area contributed by atoms with Gasteiger partial charge in [0.2, 0.25) is 34.8 Å². The summed E-state index contributed by atoms with van der Waals surface area (Å²) in [6.45, 7) is 26.9. The average Bonchev–Trinajstić information content (AvgIpc) is 1.60. The highest BCUT2D eigenvalue weighted by molar-refractivity contribution is 7.98. The summed E-state index contributed by atoms with van der Waals surface area (Å²) in [6.07, 6.45) is 7.22. The largest absolute Gasteiger partial charge is 0.497 e. The SMILES string of the molecule is COc1ccc(C(=O)c2cc3cc(C)n(Cc4ccccc4)c3s2)c(Cl)c1.COc1ccc(C(=O)c2cc3cc(C)n(Cc4ccncc4)c3s2)cc1.COc1ccc(C(=O)c2cc3cc(C)n(S(=O)(=O)N(C)C)c3s2)cn1.CSc1ccc(C(=O)c2cc3cc(C)n(CCN4CCOCC4)c3s2)cc1.Cc1cc2cc(C(=O)c3ccc(OC(C)C)cc3)sc2n1CCN1CCOCC1. The molecule has 2 saturated heterocycles. The number of pyridine rings is 2. The molecule has 134 heavy (non-hydrogen) atoms. The van der Waals surface area contributed by atoms with E-state index in [1.165, 1.54) is 96.6 Å². The van der Waals surface area contributed by atoms with Gasteiger partial charge in [-0.05, 0) is 236 Å². The van der Waals surface area contributed by atoms with E-state index in [0.29, 0.717) is 59.2 Å². The van der Waals surface area contributed by atoms with Crippen LogP contribution in [-0.2, 0) is 45.9 Å². The van der Waals surface area contributed by atoms with Crippen LogP contribution in [0.25, 0.3) is 51.1 Å². The van der Waals surface area contributed by atoms with Crippen molar-refractivity contribution >= 4 is 170 Å². The number of ketones is 5. The van der Waals surface area contributed by atoms with Gasteiger partial charge in [0.15, 0.2) is 0 Å². The van der Waals surface area contributed by atoms with Gasteiger partial charge in [0.05, 0.1) is 83.3 Å². The third-order valence-corrected chi connectivity index (χ3v) is 32.0. The molecule has 19 rings (SSSR count). The van der Waals surface area contributed by atoms with Gasteiger partial charge in [-0.3, -0.25) is 38.8 Å². The number of thiophene rings is 5. The molecule has 0 aliphatic carbocycles. The Balaban J connectivity index is 0.000000128. The van der Waals surface area contributed by atoms with Crippen LogP contribution < -0.4 is 18.9 Å². The number of methoxy groups -OCH3 is 3. The van der Waals surface area contributed by atoms with E-state index in [-0.39, 0.29) is 35.0 Å². The highest BCUT2D eigenvalue weighted by Gasteiger charge is 2.28. The summed E-state index contributed by atoms with van der Waals surface area (Å²) in [5.41, 5.74) is 10.9. The molecule has 5 aromatic carbocycles. The number of hydrogen-bond acceptors (Lipinski definition) is 23. The Kier molecular flexibility index (Phi) is 31.8. The fraction of sp³-hybridized carbons (Fsp3) is 0.272. The minimum absolute atomic E-state index is 0.0435. The standard InChI is InChI=1S/C23H28N2O3S.C22H18ClNO2S.C21H24N2O2S2.C21H18N2O2S.C16H17N3O4S2/c1-16(2)28-20-6-4-18(5-7-20)22(26)21-15-19-14-17(3)25(23(19)29-21)9-8-24-10-12-27-13-11-24;1-14-10-16-11-20(21(25)18-9-8-17(26-2)12-19(18)23)27-22(16)24(14)13-15-6-4-3-5-7-15;1-15-13-17-14-19(20(24)16-3-5-18(26-2)6-4-16)27-21(17)23(15)8-7-22-9-11-25-12-10-22;1-14-11-17-12-19(20(24)16-3-5-18(25-2)6-4-16)26-21(17)23(14)13-15-7-9-22-10-8-15;1-10-7-12-8-13(15(20)11-5-6-14(23-4)17-9-11)24-16(12)19(10)25(21,22)18(2)3/h4-7,14-16H,8-13H2,1-3H3;3-12H,13H2,1-2H3;3-6,13-14H,7-12H2,1-2H3;3-12H,13H2,1-2H3;5-9H,1-4H3. The number of nitrogens with zero attached hydrogens (tertiary/aromatic N) is 10. The van der Waals surface area contributed by atoms with Gasteiger partial charge in [0.1, 0.15) is 41.4 Å². The van der Waals surface area contributed by atoms with Crippen molar-refractivity contribution < 1.29 is 60.8 Å². The molecule has 0 radical (unpaired) electrons. The molecule has 0 N–H and O–H groups in total. The predicted octanol–water partition coefficient (Wildman–Crippen LogP) is 21.6. The molecule has 23 nitrogen and oxygen atoms in total. The van der Waals surface area contributed by atoms with Crippen molar-refractivity contribution in [1.82, 2.24) is 46.3 Å². The van der Waals surface area contributed by atoms with E-state index in [1.807, 2.05) is 147 Å². The van der Waals surface area contributed by atoms with E-state index in [9.17, 15) is 32.4 Å². The van der Waals surface area contributed by atoms with Crippen LogP contribution in [0.3, 0.4) is 0 Å². The highest BCUT2D eigenvalue weighted by atomic mass is 35.5. The fourth-order valence-corrected chi connectivity index (χ4v) is 23.8. The molecular weight excluding hydrogens is 1850 g/mol. The van der Waals surface area contributed by atoms with Crippen molar-refractivity contribution in [2.75, 3.05) is 107 Å².